The van der Waals surface area contributed by atoms with E-state index in [1.54, 1.807) is 0 Å². The summed E-state index contributed by atoms with van der Waals surface area (Å²) in [6.45, 7) is -1.24. The van der Waals surface area contributed by atoms with Gasteiger partial charge in [0.15, 0.2) is 27.8 Å². The first-order chi connectivity index (χ1) is 16.4. The highest BCUT2D eigenvalue weighted by Gasteiger charge is 2.32. The van der Waals surface area contributed by atoms with Crippen LogP contribution in [-0.4, -0.2) is 61.5 Å². The maximum absolute atomic E-state index is 14.5. The summed E-state index contributed by atoms with van der Waals surface area (Å²) in [4.78, 5) is 21.3. The number of carbonyl (C=O) groups excluding carboxylic acids is 1. The Morgan fingerprint density at radius 3 is 2.60 bits per heavy atom. The van der Waals surface area contributed by atoms with Crippen LogP contribution in [0, 0.1) is 5.82 Å². The molecule has 1 aromatic carbocycles. The molecule has 1 aliphatic heterocycles. The molecule has 4 rings (SSSR count). The molecule has 0 aliphatic carbocycles. The van der Waals surface area contributed by atoms with E-state index in [0.717, 1.165) is 17.9 Å². The molecule has 0 unspecified atom stereocenters. The van der Waals surface area contributed by atoms with Gasteiger partial charge >= 0.3 is 12.3 Å². The number of aromatic nitrogens is 2. The number of benzene rings is 1. The van der Waals surface area contributed by atoms with Crippen molar-refractivity contribution in [3.63, 3.8) is 0 Å². The Morgan fingerprint density at radius 2 is 1.97 bits per heavy atom. The Bertz CT molecular complexity index is 1350. The second kappa shape index (κ2) is 9.32. The normalized spacial score (nSPS) is 15.4. The van der Waals surface area contributed by atoms with Gasteiger partial charge in [-0.2, -0.15) is 13.2 Å². The van der Waals surface area contributed by atoms with Crippen molar-refractivity contribution >= 4 is 38.5 Å². The van der Waals surface area contributed by atoms with Crippen molar-refractivity contribution in [2.24, 2.45) is 0 Å². The highest BCUT2D eigenvalue weighted by Crippen LogP contribution is 2.36. The van der Waals surface area contributed by atoms with E-state index >= 15 is 0 Å². The number of furan rings is 1. The van der Waals surface area contributed by atoms with Gasteiger partial charge in [0.2, 0.25) is 0 Å². The van der Waals surface area contributed by atoms with Crippen LogP contribution >= 0.6 is 0 Å². The van der Waals surface area contributed by atoms with Crippen LogP contribution in [0.15, 0.2) is 40.1 Å². The van der Waals surface area contributed by atoms with Crippen LogP contribution in [0.2, 0.25) is 0 Å². The molecule has 1 saturated heterocycles. The molecule has 0 atom stereocenters. The van der Waals surface area contributed by atoms with Gasteiger partial charge in [0, 0.05) is 24.9 Å². The first kappa shape index (κ1) is 24.7. The molecule has 1 amide bonds. The zero-order chi connectivity index (χ0) is 25.4. The summed E-state index contributed by atoms with van der Waals surface area (Å²) in [6.07, 6.45) is -0.993. The zero-order valence-corrected chi connectivity index (χ0v) is 19.1. The van der Waals surface area contributed by atoms with Gasteiger partial charge in [0.1, 0.15) is 17.7 Å². The number of rotatable bonds is 5. The zero-order valence-electron chi connectivity index (χ0n) is 18.3. The summed E-state index contributed by atoms with van der Waals surface area (Å²) < 4.78 is 84.5. The number of hydrogen-bond donors (Lipinski definition) is 1. The number of halogens is 4. The average molecular weight is 516 g/mol. The van der Waals surface area contributed by atoms with Crippen molar-refractivity contribution in [2.45, 2.75) is 29.8 Å². The van der Waals surface area contributed by atoms with Crippen molar-refractivity contribution in [2.75, 3.05) is 31.3 Å². The van der Waals surface area contributed by atoms with Crippen LogP contribution in [0.25, 0.3) is 11.1 Å². The van der Waals surface area contributed by atoms with Crippen LogP contribution in [0.4, 0.5) is 33.9 Å². The molecule has 14 heteroatoms. The topological polar surface area (TPSA) is 115 Å². The van der Waals surface area contributed by atoms with Crippen molar-refractivity contribution in [1.82, 2.24) is 14.9 Å². The number of sulfone groups is 1. The van der Waals surface area contributed by atoms with E-state index in [9.17, 15) is 30.8 Å². The molecule has 2 aromatic heterocycles. The van der Waals surface area contributed by atoms with Crippen molar-refractivity contribution in [3.05, 3.63) is 42.2 Å². The predicted molar refractivity (Wildman–Crippen MR) is 116 cm³/mol. The van der Waals surface area contributed by atoms with Gasteiger partial charge in [-0.1, -0.05) is 0 Å². The Morgan fingerprint density at radius 1 is 1.26 bits per heavy atom. The maximum atomic E-state index is 14.5. The van der Waals surface area contributed by atoms with Crippen LogP contribution in [0.5, 0.6) is 0 Å². The molecule has 3 aromatic rings. The number of carbonyl (C=O) groups is 1. The van der Waals surface area contributed by atoms with Crippen LogP contribution < -0.4 is 5.32 Å². The lowest BCUT2D eigenvalue weighted by molar-refractivity contribution is -0.162. The first-order valence-electron chi connectivity index (χ1n) is 10.4. The number of hydrogen-bond acceptors (Lipinski definition) is 8. The molecule has 1 fully saturated rings. The van der Waals surface area contributed by atoms with E-state index in [2.05, 4.69) is 20.0 Å². The van der Waals surface area contributed by atoms with Crippen molar-refractivity contribution < 1.29 is 39.9 Å². The minimum atomic E-state index is -4.59. The molecule has 0 saturated carbocycles. The fraction of sp³-hybridized carbons (Fsp3) is 0.381. The second-order valence-corrected chi connectivity index (χ2v) is 10.1. The lowest BCUT2D eigenvalue weighted by atomic mass is 9.90. The first-order valence-corrected chi connectivity index (χ1v) is 12.3. The quantitative estimate of drug-likeness (QED) is 0.497. The van der Waals surface area contributed by atoms with Gasteiger partial charge in [0.05, 0.1) is 16.8 Å². The average Bonchev–Trinajstić information content (AvgIpc) is 3.23. The van der Waals surface area contributed by atoms with Crippen molar-refractivity contribution in [3.8, 4) is 0 Å². The summed E-state index contributed by atoms with van der Waals surface area (Å²) in [5.74, 6) is -0.715. The monoisotopic (exact) mass is 516 g/mol. The van der Waals surface area contributed by atoms with Gasteiger partial charge in [-0.3, -0.25) is 0 Å². The number of amides is 1. The second-order valence-electron chi connectivity index (χ2n) is 8.06. The Labute approximate surface area is 197 Å². The number of likely N-dealkylation sites (tertiary alicyclic amines) is 1. The lowest BCUT2D eigenvalue weighted by Crippen LogP contribution is -2.39. The van der Waals surface area contributed by atoms with E-state index in [4.69, 9.17) is 4.42 Å². The Hall–Kier alpha value is -3.42. The maximum Gasteiger partial charge on any atom is 0.422 e. The molecule has 9 nitrogen and oxygen atoms in total. The lowest BCUT2D eigenvalue weighted by Gasteiger charge is -2.31. The largest absolute Gasteiger partial charge is 0.458 e. The summed E-state index contributed by atoms with van der Waals surface area (Å²) in [5, 5.41) is 2.78. The molecule has 0 radical (unpaired) electrons. The molecule has 188 valence electrons. The van der Waals surface area contributed by atoms with Crippen molar-refractivity contribution in [1.29, 1.82) is 0 Å². The third-order valence-electron chi connectivity index (χ3n) is 5.56. The molecular formula is C21H20F4N4O5S. The molecular weight excluding hydrogens is 496 g/mol. The van der Waals surface area contributed by atoms with Gasteiger partial charge in [-0.05, 0) is 37.0 Å². The number of alkyl halides is 3. The number of nitrogens with one attached hydrogen (secondary N) is 1. The molecule has 1 aliphatic rings. The third kappa shape index (κ3) is 5.63. The SMILES string of the molecule is CS(=O)(=O)c1ccc(Nc2ncnc3c(C4CCN(C(=O)OCC(F)(F)F)CC4)coc23)c(F)c1. The summed E-state index contributed by atoms with van der Waals surface area (Å²) in [5.41, 5.74) is 1.43. The van der Waals surface area contributed by atoms with Crippen LogP contribution in [0.3, 0.4) is 0 Å². The third-order valence-corrected chi connectivity index (χ3v) is 6.67. The minimum absolute atomic E-state index is 0.0129. The fourth-order valence-electron chi connectivity index (χ4n) is 3.81. The molecule has 3 heterocycles. The van der Waals surface area contributed by atoms with E-state index < -0.39 is 34.5 Å². The molecule has 0 bridgehead atoms. The number of anilines is 2. The summed E-state index contributed by atoms with van der Waals surface area (Å²) >= 11 is 0. The van der Waals surface area contributed by atoms with Gasteiger partial charge in [-0.25, -0.2) is 27.6 Å². The molecule has 0 spiro atoms. The highest BCUT2D eigenvalue weighted by molar-refractivity contribution is 7.90. The fourth-order valence-corrected chi connectivity index (χ4v) is 4.44. The Kier molecular flexibility index (Phi) is 6.58. The minimum Gasteiger partial charge on any atom is -0.458 e. The highest BCUT2D eigenvalue weighted by atomic mass is 32.2. The van der Waals surface area contributed by atoms with Crippen LogP contribution in [-0.2, 0) is 14.6 Å². The number of fused-ring (bicyclic) bond motifs is 1. The van der Waals surface area contributed by atoms with E-state index in [-0.39, 0.29) is 41.0 Å². The summed E-state index contributed by atoms with van der Waals surface area (Å²) in [6, 6.07) is 3.44. The van der Waals surface area contributed by atoms with Gasteiger partial charge in [0.25, 0.3) is 0 Å². The standard InChI is InChI=1S/C21H20F4N4O5S/c1-35(31,32)13-2-3-16(15(22)8-13)28-19-18-17(26-11-27-19)14(9-33-18)12-4-6-29(7-5-12)20(30)34-10-21(23,24)25/h2-3,8-9,11-12H,4-7,10H2,1H3,(H,26,27,28). The van der Waals surface area contributed by atoms with Crippen LogP contribution in [0.1, 0.15) is 24.3 Å². The molecule has 1 N–H and O–H groups in total. The van der Waals surface area contributed by atoms with Gasteiger partial charge < -0.3 is 19.4 Å². The number of nitrogens with zero attached hydrogens (tertiary/aromatic N) is 3. The number of piperidine rings is 1. The van der Waals surface area contributed by atoms with E-state index in [1.807, 2.05) is 0 Å². The molecule has 35 heavy (non-hydrogen) atoms. The van der Waals surface area contributed by atoms with E-state index in [0.29, 0.717) is 18.4 Å². The smallest absolute Gasteiger partial charge is 0.422 e. The summed E-state index contributed by atoms with van der Waals surface area (Å²) in [7, 11) is -3.57. The predicted octanol–water partition coefficient (Wildman–Crippen LogP) is 4.39. The van der Waals surface area contributed by atoms with Gasteiger partial charge in [-0.15, -0.1) is 0 Å². The number of ether oxygens (including phenoxy) is 1. The van der Waals surface area contributed by atoms with E-state index in [1.165, 1.54) is 29.6 Å². The Balaban J connectivity index is 1.48.